The molecule has 58 heavy (non-hydrogen) atoms. The van der Waals surface area contributed by atoms with Gasteiger partial charge in [-0.2, -0.15) is 0 Å². The van der Waals surface area contributed by atoms with E-state index in [4.69, 9.17) is 18.5 Å². The van der Waals surface area contributed by atoms with Crippen LogP contribution in [0.3, 0.4) is 0 Å². The molecule has 0 aromatic rings. The van der Waals surface area contributed by atoms with Crippen molar-refractivity contribution in [2.45, 2.75) is 213 Å². The molecule has 0 spiro atoms. The number of unbranched alkanes of at least 4 members (excludes halogenated alkanes) is 23. The van der Waals surface area contributed by atoms with Gasteiger partial charge in [0.2, 0.25) is 0 Å². The Labute approximate surface area is 357 Å². The van der Waals surface area contributed by atoms with Gasteiger partial charge in [0.15, 0.2) is 6.10 Å². The molecule has 0 aliphatic rings. The minimum atomic E-state index is -4.63. The molecule has 0 heterocycles. The second-order valence-corrected chi connectivity index (χ2v) is 18.5. The Morgan fingerprint density at radius 3 is 1.41 bits per heavy atom. The first-order valence-corrected chi connectivity index (χ1v) is 25.2. The van der Waals surface area contributed by atoms with Crippen LogP contribution >= 0.6 is 7.82 Å². The zero-order valence-electron chi connectivity index (χ0n) is 38.2. The molecule has 0 fully saturated rings. The van der Waals surface area contributed by atoms with Crippen molar-refractivity contribution in [3.8, 4) is 0 Å². The molecular weight excluding hydrogens is 750 g/mol. The SMILES string of the molecule is CCCCC/C=C/C/C=C/CCCCCCCCCCCC(=O)OC[C@H](COP(=O)([O-])OCC[N+](C)(C)C)OC(=O)CCCCCCCCC/C=C/CCCCCC. The van der Waals surface area contributed by atoms with E-state index in [-0.39, 0.29) is 32.0 Å². The van der Waals surface area contributed by atoms with Gasteiger partial charge in [-0.1, -0.05) is 159 Å². The van der Waals surface area contributed by atoms with Crippen LogP contribution in [0.5, 0.6) is 0 Å². The van der Waals surface area contributed by atoms with Gasteiger partial charge < -0.3 is 27.9 Å². The molecule has 1 unspecified atom stereocenters. The fourth-order valence-electron chi connectivity index (χ4n) is 6.39. The van der Waals surface area contributed by atoms with Crippen LogP contribution in [-0.2, 0) is 32.7 Å². The zero-order chi connectivity index (χ0) is 42.8. The smallest absolute Gasteiger partial charge is 0.306 e. The largest absolute Gasteiger partial charge is 0.756 e. The lowest BCUT2D eigenvalue weighted by Gasteiger charge is -2.28. The Bertz CT molecular complexity index is 1090. The second-order valence-electron chi connectivity index (χ2n) is 17.1. The second kappa shape index (κ2) is 40.6. The summed E-state index contributed by atoms with van der Waals surface area (Å²) in [5.41, 5.74) is 0. The molecule has 0 aliphatic carbocycles. The third-order valence-corrected chi connectivity index (χ3v) is 11.1. The number of quaternary nitrogens is 1. The molecule has 10 heteroatoms. The van der Waals surface area contributed by atoms with Gasteiger partial charge in [0, 0.05) is 12.8 Å². The Morgan fingerprint density at radius 1 is 0.534 bits per heavy atom. The number of ether oxygens (including phenoxy) is 2. The highest BCUT2D eigenvalue weighted by molar-refractivity contribution is 7.45. The van der Waals surface area contributed by atoms with E-state index < -0.39 is 26.5 Å². The summed E-state index contributed by atoms with van der Waals surface area (Å²) in [6.07, 6.45) is 45.9. The number of carbonyl (C=O) groups is 2. The number of esters is 2. The minimum absolute atomic E-state index is 0.0322. The van der Waals surface area contributed by atoms with Crippen molar-refractivity contribution < 1.29 is 42.1 Å². The maximum atomic E-state index is 12.7. The fourth-order valence-corrected chi connectivity index (χ4v) is 7.11. The van der Waals surface area contributed by atoms with Crippen molar-refractivity contribution in [3.05, 3.63) is 36.5 Å². The van der Waals surface area contributed by atoms with Gasteiger partial charge >= 0.3 is 11.9 Å². The third kappa shape index (κ3) is 43.8. The standard InChI is InChI=1S/C48H90NO8P/c1-6-8-10-12-14-16-18-20-22-23-24-25-27-28-30-32-34-36-38-40-47(50)54-44-46(45-56-58(52,53)55-43-42-49(3,4)5)57-48(51)41-39-37-35-33-31-29-26-21-19-17-15-13-11-9-7-2/h14,16-17,19-20,22,46H,6-13,15,18,21,23-45H2,1-5H3/b16-14+,19-17+,22-20+/t46-/m1/s1. The summed E-state index contributed by atoms with van der Waals surface area (Å²) in [4.78, 5) is 37.6. The van der Waals surface area contributed by atoms with Crippen molar-refractivity contribution in [1.29, 1.82) is 0 Å². The van der Waals surface area contributed by atoms with Crippen LogP contribution in [0.15, 0.2) is 36.5 Å². The Balaban J connectivity index is 4.30. The van der Waals surface area contributed by atoms with Gasteiger partial charge in [-0.25, -0.2) is 0 Å². The fraction of sp³-hybridized carbons (Fsp3) is 0.833. The molecule has 9 nitrogen and oxygen atoms in total. The highest BCUT2D eigenvalue weighted by Crippen LogP contribution is 2.38. The molecule has 0 bridgehead atoms. The normalized spacial score (nSPS) is 13.8. The lowest BCUT2D eigenvalue weighted by atomic mass is 10.1. The predicted molar refractivity (Wildman–Crippen MR) is 241 cm³/mol. The number of rotatable bonds is 43. The minimum Gasteiger partial charge on any atom is -0.756 e. The van der Waals surface area contributed by atoms with Crippen LogP contribution in [0.1, 0.15) is 206 Å². The molecular formula is C48H90NO8P. The van der Waals surface area contributed by atoms with Crippen LogP contribution in [0, 0.1) is 0 Å². The number of hydrogen-bond acceptors (Lipinski definition) is 8. The topological polar surface area (TPSA) is 111 Å². The molecule has 340 valence electrons. The molecule has 0 saturated carbocycles. The van der Waals surface area contributed by atoms with Gasteiger partial charge in [0.1, 0.15) is 19.8 Å². The molecule has 0 aromatic carbocycles. The van der Waals surface area contributed by atoms with Crippen LogP contribution in [0.2, 0.25) is 0 Å². The molecule has 0 saturated heterocycles. The Hall–Kier alpha value is -1.77. The summed E-state index contributed by atoms with van der Waals surface area (Å²) < 4.78 is 34.0. The average molecular weight is 840 g/mol. The average Bonchev–Trinajstić information content (AvgIpc) is 3.17. The highest BCUT2D eigenvalue weighted by Gasteiger charge is 2.21. The first-order chi connectivity index (χ1) is 28.0. The number of phosphoric ester groups is 1. The predicted octanol–water partition coefficient (Wildman–Crippen LogP) is 13.1. The molecule has 0 N–H and O–H groups in total. The number of likely N-dealkylation sites (N-methyl/N-ethyl adjacent to an activating group) is 1. The summed E-state index contributed by atoms with van der Waals surface area (Å²) in [5, 5.41) is 0. The summed E-state index contributed by atoms with van der Waals surface area (Å²) in [6, 6.07) is 0. The number of hydrogen-bond donors (Lipinski definition) is 0. The molecule has 0 rings (SSSR count). The van der Waals surface area contributed by atoms with Gasteiger partial charge in [0.05, 0.1) is 27.7 Å². The first kappa shape index (κ1) is 56.2. The van der Waals surface area contributed by atoms with Crippen LogP contribution in [-0.4, -0.2) is 70.0 Å². The van der Waals surface area contributed by atoms with E-state index in [1.165, 1.54) is 116 Å². The lowest BCUT2D eigenvalue weighted by Crippen LogP contribution is -2.37. The van der Waals surface area contributed by atoms with Crippen LogP contribution in [0.25, 0.3) is 0 Å². The molecule has 0 aliphatic heterocycles. The maximum Gasteiger partial charge on any atom is 0.306 e. The van der Waals surface area contributed by atoms with E-state index in [1.807, 2.05) is 21.1 Å². The van der Waals surface area contributed by atoms with E-state index in [1.54, 1.807) is 0 Å². The summed E-state index contributed by atoms with van der Waals surface area (Å²) in [7, 11) is 1.16. The Kier molecular flexibility index (Phi) is 39.4. The van der Waals surface area contributed by atoms with Gasteiger partial charge in [0.25, 0.3) is 7.82 Å². The Morgan fingerprint density at radius 2 is 0.931 bits per heavy atom. The van der Waals surface area contributed by atoms with E-state index in [0.29, 0.717) is 17.4 Å². The van der Waals surface area contributed by atoms with Gasteiger partial charge in [-0.3, -0.25) is 14.2 Å². The van der Waals surface area contributed by atoms with Crippen molar-refractivity contribution in [3.63, 3.8) is 0 Å². The zero-order valence-corrected chi connectivity index (χ0v) is 39.1. The van der Waals surface area contributed by atoms with Crippen molar-refractivity contribution >= 4 is 19.8 Å². The van der Waals surface area contributed by atoms with E-state index in [0.717, 1.165) is 57.8 Å². The van der Waals surface area contributed by atoms with Gasteiger partial charge in [-0.05, 0) is 70.6 Å². The number of nitrogens with zero attached hydrogens (tertiary/aromatic N) is 1. The summed E-state index contributed by atoms with van der Waals surface area (Å²) >= 11 is 0. The van der Waals surface area contributed by atoms with Crippen molar-refractivity contribution in [2.75, 3.05) is 47.5 Å². The molecule has 2 atom stereocenters. The van der Waals surface area contributed by atoms with Crippen molar-refractivity contribution in [2.24, 2.45) is 0 Å². The van der Waals surface area contributed by atoms with E-state index in [2.05, 4.69) is 50.3 Å². The number of allylic oxidation sites excluding steroid dienone is 6. The third-order valence-electron chi connectivity index (χ3n) is 10.1. The number of phosphoric acid groups is 1. The van der Waals surface area contributed by atoms with Crippen LogP contribution in [0.4, 0.5) is 0 Å². The van der Waals surface area contributed by atoms with Crippen LogP contribution < -0.4 is 4.89 Å². The first-order valence-electron chi connectivity index (χ1n) is 23.7. The number of carbonyl (C=O) groups excluding carboxylic acids is 2. The quantitative estimate of drug-likeness (QED) is 0.0196. The molecule has 0 radical (unpaired) electrons. The molecule has 0 amide bonds. The summed E-state index contributed by atoms with van der Waals surface area (Å²) in [5.74, 6) is -0.841. The molecule has 0 aromatic heterocycles. The van der Waals surface area contributed by atoms with Crippen molar-refractivity contribution in [1.82, 2.24) is 0 Å². The summed E-state index contributed by atoms with van der Waals surface area (Å²) in [6.45, 7) is 4.19. The lowest BCUT2D eigenvalue weighted by molar-refractivity contribution is -0.870. The van der Waals surface area contributed by atoms with E-state index in [9.17, 15) is 19.0 Å². The highest BCUT2D eigenvalue weighted by atomic mass is 31.2. The van der Waals surface area contributed by atoms with E-state index >= 15 is 0 Å². The van der Waals surface area contributed by atoms with Gasteiger partial charge in [-0.15, -0.1) is 0 Å². The maximum absolute atomic E-state index is 12.7. The monoisotopic (exact) mass is 840 g/mol.